The number of guanidine groups is 1. The lowest BCUT2D eigenvalue weighted by Gasteiger charge is -2.36. The first-order valence-electron chi connectivity index (χ1n) is 9.64. The topological polar surface area (TPSA) is 85.8 Å². The van der Waals surface area contributed by atoms with Crippen molar-refractivity contribution in [1.82, 2.24) is 25.5 Å². The standard InChI is InChI=1S/C20H26FN7O.HI/c1-22-19(27-10-12-28(13-11-27)20-24-6-3-7-25-20)26-9-8-23-18(29)15-16-4-2-5-17(21)14-16;/h2-7,14H,8-13,15H2,1H3,(H,22,26)(H,23,29);1H. The third kappa shape index (κ3) is 7.08. The highest BCUT2D eigenvalue weighted by Gasteiger charge is 2.20. The van der Waals surface area contributed by atoms with Crippen LogP contribution in [0.2, 0.25) is 0 Å². The van der Waals surface area contributed by atoms with E-state index in [9.17, 15) is 9.18 Å². The average Bonchev–Trinajstić information content (AvgIpc) is 2.75. The van der Waals surface area contributed by atoms with Crippen LogP contribution in [0.3, 0.4) is 0 Å². The minimum atomic E-state index is -0.334. The van der Waals surface area contributed by atoms with Crippen LogP contribution in [0.1, 0.15) is 5.56 Å². The van der Waals surface area contributed by atoms with Crippen molar-refractivity contribution in [2.45, 2.75) is 6.42 Å². The van der Waals surface area contributed by atoms with Gasteiger partial charge >= 0.3 is 0 Å². The molecule has 2 aromatic rings. The molecule has 0 aliphatic carbocycles. The SMILES string of the molecule is CN=C(NCCNC(=O)Cc1cccc(F)c1)N1CCN(c2ncccn2)CC1.I. The summed E-state index contributed by atoms with van der Waals surface area (Å²) < 4.78 is 13.2. The van der Waals surface area contributed by atoms with Crippen molar-refractivity contribution in [2.24, 2.45) is 4.99 Å². The Morgan fingerprint density at radius 2 is 1.80 bits per heavy atom. The molecule has 162 valence electrons. The lowest BCUT2D eigenvalue weighted by molar-refractivity contribution is -0.120. The van der Waals surface area contributed by atoms with Crippen molar-refractivity contribution in [2.75, 3.05) is 51.2 Å². The zero-order valence-corrected chi connectivity index (χ0v) is 19.3. The number of nitrogens with one attached hydrogen (secondary N) is 2. The van der Waals surface area contributed by atoms with Gasteiger partial charge in [-0.15, -0.1) is 24.0 Å². The van der Waals surface area contributed by atoms with E-state index in [0.717, 1.165) is 38.1 Å². The van der Waals surface area contributed by atoms with E-state index in [1.807, 2.05) is 6.07 Å². The summed E-state index contributed by atoms with van der Waals surface area (Å²) in [6.07, 6.45) is 3.66. The average molecular weight is 527 g/mol. The van der Waals surface area contributed by atoms with Crippen molar-refractivity contribution < 1.29 is 9.18 Å². The van der Waals surface area contributed by atoms with Gasteiger partial charge in [-0.05, 0) is 23.8 Å². The van der Waals surface area contributed by atoms with E-state index in [2.05, 4.69) is 35.4 Å². The number of nitrogens with zero attached hydrogens (tertiary/aromatic N) is 5. The summed E-state index contributed by atoms with van der Waals surface area (Å²) in [6.45, 7) is 4.27. The van der Waals surface area contributed by atoms with Gasteiger partial charge in [-0.1, -0.05) is 12.1 Å². The van der Waals surface area contributed by atoms with Gasteiger partial charge in [0.15, 0.2) is 5.96 Å². The third-order valence-corrected chi connectivity index (χ3v) is 4.61. The molecule has 3 rings (SSSR count). The van der Waals surface area contributed by atoms with Crippen molar-refractivity contribution in [3.05, 3.63) is 54.1 Å². The monoisotopic (exact) mass is 527 g/mol. The molecule has 30 heavy (non-hydrogen) atoms. The highest BCUT2D eigenvalue weighted by Crippen LogP contribution is 2.09. The molecule has 10 heteroatoms. The fraction of sp³-hybridized carbons (Fsp3) is 0.400. The first-order chi connectivity index (χ1) is 14.2. The number of amides is 1. The van der Waals surface area contributed by atoms with E-state index in [1.165, 1.54) is 12.1 Å². The largest absolute Gasteiger partial charge is 0.354 e. The number of hydrogen-bond donors (Lipinski definition) is 2. The van der Waals surface area contributed by atoms with Crippen molar-refractivity contribution in [3.63, 3.8) is 0 Å². The van der Waals surface area contributed by atoms with E-state index in [1.54, 1.807) is 31.6 Å². The summed E-state index contributed by atoms with van der Waals surface area (Å²) in [5.41, 5.74) is 0.659. The molecular formula is C20H27FIN7O. The molecule has 2 heterocycles. The molecule has 1 aliphatic heterocycles. The van der Waals surface area contributed by atoms with Gasteiger partial charge in [0.2, 0.25) is 11.9 Å². The molecule has 1 aromatic heterocycles. The van der Waals surface area contributed by atoms with E-state index in [4.69, 9.17) is 0 Å². The smallest absolute Gasteiger partial charge is 0.225 e. The number of rotatable bonds is 6. The van der Waals surface area contributed by atoms with Crippen LogP contribution in [0.4, 0.5) is 10.3 Å². The Hall–Kier alpha value is -2.50. The lowest BCUT2D eigenvalue weighted by atomic mass is 10.1. The van der Waals surface area contributed by atoms with Gasteiger partial charge in [-0.3, -0.25) is 9.79 Å². The van der Waals surface area contributed by atoms with Crippen LogP contribution < -0.4 is 15.5 Å². The molecule has 1 saturated heterocycles. The normalized spacial score (nSPS) is 14.1. The quantitative estimate of drug-likeness (QED) is 0.255. The minimum Gasteiger partial charge on any atom is -0.354 e. The van der Waals surface area contributed by atoms with Crippen molar-refractivity contribution in [1.29, 1.82) is 0 Å². The number of carbonyl (C=O) groups excluding carboxylic acids is 1. The highest BCUT2D eigenvalue weighted by atomic mass is 127. The number of piperazine rings is 1. The number of hydrogen-bond acceptors (Lipinski definition) is 5. The van der Waals surface area contributed by atoms with Gasteiger partial charge in [-0.25, -0.2) is 14.4 Å². The van der Waals surface area contributed by atoms with E-state index >= 15 is 0 Å². The Balaban J connectivity index is 0.00000320. The number of aliphatic imine (C=N–C) groups is 1. The lowest BCUT2D eigenvalue weighted by Crippen LogP contribution is -2.53. The molecule has 2 N–H and O–H groups in total. The number of carbonyl (C=O) groups is 1. The first kappa shape index (κ1) is 23.8. The number of benzene rings is 1. The van der Waals surface area contributed by atoms with Crippen LogP contribution in [-0.2, 0) is 11.2 Å². The second-order valence-electron chi connectivity index (χ2n) is 6.65. The van der Waals surface area contributed by atoms with Gasteiger partial charge in [-0.2, -0.15) is 0 Å². The third-order valence-electron chi connectivity index (χ3n) is 4.61. The van der Waals surface area contributed by atoms with Crippen LogP contribution in [0.15, 0.2) is 47.7 Å². The molecule has 1 amide bonds. The second-order valence-corrected chi connectivity index (χ2v) is 6.65. The molecule has 1 aliphatic rings. The second kappa shape index (κ2) is 12.3. The molecular weight excluding hydrogens is 500 g/mol. The fourth-order valence-corrected chi connectivity index (χ4v) is 3.18. The fourth-order valence-electron chi connectivity index (χ4n) is 3.18. The predicted octanol–water partition coefficient (Wildman–Crippen LogP) is 1.29. The van der Waals surface area contributed by atoms with E-state index in [-0.39, 0.29) is 42.1 Å². The van der Waals surface area contributed by atoms with Crippen molar-refractivity contribution >= 4 is 41.8 Å². The molecule has 0 saturated carbocycles. The summed E-state index contributed by atoms with van der Waals surface area (Å²) in [6, 6.07) is 7.89. The summed E-state index contributed by atoms with van der Waals surface area (Å²) in [5.74, 6) is 1.08. The highest BCUT2D eigenvalue weighted by molar-refractivity contribution is 14.0. The van der Waals surface area contributed by atoms with Crippen LogP contribution in [-0.4, -0.2) is 73.1 Å². The Kier molecular flexibility index (Phi) is 9.71. The Morgan fingerprint density at radius 3 is 2.47 bits per heavy atom. The molecule has 1 aromatic carbocycles. The first-order valence-corrected chi connectivity index (χ1v) is 9.64. The molecule has 1 fully saturated rings. The molecule has 0 atom stereocenters. The van der Waals surface area contributed by atoms with Crippen LogP contribution in [0.5, 0.6) is 0 Å². The molecule has 8 nitrogen and oxygen atoms in total. The Labute approximate surface area is 193 Å². The summed E-state index contributed by atoms with van der Waals surface area (Å²) in [5, 5.41) is 6.11. The summed E-state index contributed by atoms with van der Waals surface area (Å²) in [7, 11) is 1.75. The number of aromatic nitrogens is 2. The van der Waals surface area contributed by atoms with Gasteiger partial charge in [0.1, 0.15) is 5.82 Å². The van der Waals surface area contributed by atoms with Gasteiger partial charge < -0.3 is 20.4 Å². The Bertz CT molecular complexity index is 829. The zero-order chi connectivity index (χ0) is 20.5. The van der Waals surface area contributed by atoms with E-state index in [0.29, 0.717) is 18.7 Å². The minimum absolute atomic E-state index is 0. The molecule has 0 radical (unpaired) electrons. The van der Waals surface area contributed by atoms with Crippen LogP contribution >= 0.6 is 24.0 Å². The maximum Gasteiger partial charge on any atom is 0.225 e. The van der Waals surface area contributed by atoms with Crippen LogP contribution in [0, 0.1) is 5.82 Å². The van der Waals surface area contributed by atoms with E-state index < -0.39 is 0 Å². The van der Waals surface area contributed by atoms with Gasteiger partial charge in [0.25, 0.3) is 0 Å². The van der Waals surface area contributed by atoms with Gasteiger partial charge in [0.05, 0.1) is 6.42 Å². The molecule has 0 unspecified atom stereocenters. The Morgan fingerprint density at radius 1 is 1.10 bits per heavy atom. The number of anilines is 1. The van der Waals surface area contributed by atoms with Crippen LogP contribution in [0.25, 0.3) is 0 Å². The predicted molar refractivity (Wildman–Crippen MR) is 126 cm³/mol. The number of halogens is 2. The summed E-state index contributed by atoms with van der Waals surface area (Å²) in [4.78, 5) is 29.2. The van der Waals surface area contributed by atoms with Gasteiger partial charge in [0, 0.05) is 58.7 Å². The maximum atomic E-state index is 13.2. The summed E-state index contributed by atoms with van der Waals surface area (Å²) >= 11 is 0. The molecule has 0 spiro atoms. The zero-order valence-electron chi connectivity index (χ0n) is 16.9. The maximum absolute atomic E-state index is 13.2. The van der Waals surface area contributed by atoms with Crippen molar-refractivity contribution in [3.8, 4) is 0 Å². The molecule has 0 bridgehead atoms.